The van der Waals surface area contributed by atoms with Crippen molar-refractivity contribution in [3.05, 3.63) is 71.8 Å². The average molecular weight is 474 g/mol. The highest BCUT2D eigenvalue weighted by Crippen LogP contribution is 2.38. The van der Waals surface area contributed by atoms with Crippen molar-refractivity contribution in [1.82, 2.24) is 4.90 Å². The summed E-state index contributed by atoms with van der Waals surface area (Å²) < 4.78 is 22.6. The van der Waals surface area contributed by atoms with E-state index >= 15 is 0 Å². The topological polar surface area (TPSA) is 52.2 Å². The first kappa shape index (κ1) is 23.8. The summed E-state index contributed by atoms with van der Waals surface area (Å²) in [4.78, 5) is 2.15. The largest absolute Gasteiger partial charge is 0.497 e. The van der Waals surface area contributed by atoms with Gasteiger partial charge in [-0.3, -0.25) is 0 Å². The van der Waals surface area contributed by atoms with E-state index in [0.29, 0.717) is 28.7 Å². The highest BCUT2D eigenvalue weighted by molar-refractivity contribution is 7.80. The van der Waals surface area contributed by atoms with E-state index in [1.54, 1.807) is 21.3 Å². The molecule has 6 nitrogen and oxygen atoms in total. The van der Waals surface area contributed by atoms with Crippen LogP contribution in [0.15, 0.2) is 60.7 Å². The molecule has 0 saturated heterocycles. The van der Waals surface area contributed by atoms with E-state index in [4.69, 9.17) is 39.0 Å². The number of hydrogen-bond acceptors (Lipinski definition) is 5. The average Bonchev–Trinajstić information content (AvgIpc) is 2.86. The molecule has 8 heteroatoms. The lowest BCUT2D eigenvalue weighted by Crippen LogP contribution is -2.44. The summed E-state index contributed by atoms with van der Waals surface area (Å²) in [6, 6.07) is 19.0. The molecule has 1 atom stereocenters. The monoisotopic (exact) mass is 474 g/mol. The smallest absolute Gasteiger partial charge is 0.174 e. The van der Waals surface area contributed by atoms with Crippen LogP contribution in [0.5, 0.6) is 23.0 Å². The molecule has 3 aromatic carbocycles. The maximum atomic E-state index is 6.20. The number of nitrogens with one attached hydrogen (secondary N) is 1. The minimum atomic E-state index is -0.133. The van der Waals surface area contributed by atoms with Crippen molar-refractivity contribution in [1.29, 1.82) is 0 Å². The van der Waals surface area contributed by atoms with Crippen molar-refractivity contribution in [2.45, 2.75) is 12.5 Å². The van der Waals surface area contributed by atoms with Gasteiger partial charge in [-0.2, -0.15) is 0 Å². The highest BCUT2D eigenvalue weighted by Gasteiger charge is 2.31. The number of ether oxygens (including phenoxy) is 4. The lowest BCUT2D eigenvalue weighted by atomic mass is 9.92. The van der Waals surface area contributed by atoms with Gasteiger partial charge in [-0.25, -0.2) is 0 Å². The van der Waals surface area contributed by atoms with Crippen molar-refractivity contribution in [2.75, 3.05) is 39.8 Å². The number of rotatable bonds is 7. The molecule has 0 aromatic heterocycles. The van der Waals surface area contributed by atoms with Crippen LogP contribution in [0.25, 0.3) is 0 Å². The van der Waals surface area contributed by atoms with Crippen LogP contribution in [-0.2, 0) is 6.42 Å². The fraction of sp³-hybridized carbons (Fsp3) is 0.269. The van der Waals surface area contributed by atoms with E-state index < -0.39 is 0 Å². The number of anilines is 1. The Hall–Kier alpha value is -3.39. The Morgan fingerprint density at radius 3 is 2.35 bits per heavy atom. The molecule has 0 bridgehead atoms. The van der Waals surface area contributed by atoms with E-state index in [1.807, 2.05) is 60.7 Å². The molecule has 0 spiro atoms. The van der Waals surface area contributed by atoms with Gasteiger partial charge >= 0.3 is 0 Å². The van der Waals surface area contributed by atoms with Crippen molar-refractivity contribution in [3.8, 4) is 23.0 Å². The number of methoxy groups -OCH3 is 3. The number of benzene rings is 3. The summed E-state index contributed by atoms with van der Waals surface area (Å²) in [7, 11) is 10.9. The van der Waals surface area contributed by atoms with Crippen LogP contribution in [0.1, 0.15) is 17.2 Å². The minimum Gasteiger partial charge on any atom is -0.497 e. The standard InChI is InChI=1S/C26H27BN2O4S/c1-30-20-7-9-21(10-8-20)33-16-23-22-15-25(32-3)24(31-2)13-17(22)11-12-29(23)26(34)28-19-6-4-5-18(27)14-19/h4-10,13-15,23H,11-12,16H2,1-3H3,(H,28,34). The van der Waals surface area contributed by atoms with Crippen molar-refractivity contribution >= 4 is 36.3 Å². The van der Waals surface area contributed by atoms with Gasteiger partial charge in [-0.1, -0.05) is 17.6 Å². The molecule has 1 heterocycles. The van der Waals surface area contributed by atoms with Crippen LogP contribution < -0.4 is 29.7 Å². The normalized spacial score (nSPS) is 14.7. The Morgan fingerprint density at radius 2 is 1.68 bits per heavy atom. The van der Waals surface area contributed by atoms with Crippen molar-refractivity contribution in [3.63, 3.8) is 0 Å². The zero-order valence-corrected chi connectivity index (χ0v) is 20.4. The third-order valence-electron chi connectivity index (χ3n) is 5.87. The first-order valence-corrected chi connectivity index (χ1v) is 11.4. The molecular weight excluding hydrogens is 447 g/mol. The Morgan fingerprint density at radius 1 is 0.971 bits per heavy atom. The van der Waals surface area contributed by atoms with E-state index in [9.17, 15) is 0 Å². The lowest BCUT2D eigenvalue weighted by Gasteiger charge is -2.39. The number of hydrogen-bond donors (Lipinski definition) is 1. The maximum Gasteiger partial charge on any atom is 0.174 e. The Kier molecular flexibility index (Phi) is 7.48. The molecule has 174 valence electrons. The third kappa shape index (κ3) is 5.23. The van der Waals surface area contributed by atoms with Gasteiger partial charge < -0.3 is 29.2 Å². The summed E-state index contributed by atoms with van der Waals surface area (Å²) in [5.41, 5.74) is 3.80. The van der Waals surface area contributed by atoms with E-state index in [2.05, 4.69) is 10.2 Å². The first-order chi connectivity index (χ1) is 16.5. The van der Waals surface area contributed by atoms with Gasteiger partial charge in [0.2, 0.25) is 0 Å². The lowest BCUT2D eigenvalue weighted by molar-refractivity contribution is 0.190. The molecule has 0 fully saturated rings. The molecule has 1 aliphatic heterocycles. The Labute approximate surface area is 207 Å². The van der Waals surface area contributed by atoms with Gasteiger partial charge in [-0.05, 0) is 78.3 Å². The van der Waals surface area contributed by atoms with Crippen LogP contribution in [0.4, 0.5) is 5.69 Å². The second kappa shape index (κ2) is 10.7. The van der Waals surface area contributed by atoms with Gasteiger partial charge in [0.05, 0.1) is 27.4 Å². The van der Waals surface area contributed by atoms with Crippen LogP contribution in [0, 0.1) is 0 Å². The molecule has 2 radical (unpaired) electrons. The first-order valence-electron chi connectivity index (χ1n) is 11.0. The number of nitrogens with zero attached hydrogens (tertiary/aromatic N) is 1. The molecule has 4 rings (SSSR count). The predicted molar refractivity (Wildman–Crippen MR) is 139 cm³/mol. The van der Waals surface area contributed by atoms with E-state index in [1.165, 1.54) is 5.56 Å². The fourth-order valence-corrected chi connectivity index (χ4v) is 4.45. The zero-order chi connectivity index (χ0) is 24.1. The fourth-order valence-electron chi connectivity index (χ4n) is 4.11. The molecule has 0 amide bonds. The van der Waals surface area contributed by atoms with Crippen LogP contribution in [0.3, 0.4) is 0 Å². The SMILES string of the molecule is [B]c1cccc(NC(=S)N2CCc3cc(OC)c(OC)cc3C2COc2ccc(OC)cc2)c1. The van der Waals surface area contributed by atoms with Gasteiger partial charge in [0.1, 0.15) is 26.0 Å². The Balaban J connectivity index is 1.63. The third-order valence-corrected chi connectivity index (χ3v) is 6.21. The highest BCUT2D eigenvalue weighted by atomic mass is 32.1. The second-order valence-corrected chi connectivity index (χ2v) is 8.29. The Bertz CT molecular complexity index is 1160. The molecule has 34 heavy (non-hydrogen) atoms. The van der Waals surface area contributed by atoms with Gasteiger partial charge in [0, 0.05) is 12.2 Å². The molecule has 1 unspecified atom stereocenters. The zero-order valence-electron chi connectivity index (χ0n) is 19.5. The summed E-state index contributed by atoms with van der Waals surface area (Å²) in [5, 5.41) is 3.93. The minimum absolute atomic E-state index is 0.133. The van der Waals surface area contributed by atoms with Crippen LogP contribution >= 0.6 is 12.2 Å². The van der Waals surface area contributed by atoms with Gasteiger partial charge in [-0.15, -0.1) is 0 Å². The summed E-state index contributed by atoms with van der Waals surface area (Å²) >= 11 is 5.82. The molecule has 3 aromatic rings. The summed E-state index contributed by atoms with van der Waals surface area (Å²) in [5.74, 6) is 2.92. The van der Waals surface area contributed by atoms with Crippen LogP contribution in [0.2, 0.25) is 0 Å². The predicted octanol–water partition coefficient (Wildman–Crippen LogP) is 3.88. The molecule has 0 saturated carbocycles. The van der Waals surface area contributed by atoms with Crippen LogP contribution in [-0.4, -0.2) is 52.3 Å². The molecule has 1 aliphatic rings. The molecular formula is C26H27BN2O4S. The van der Waals surface area contributed by atoms with Crippen molar-refractivity contribution < 1.29 is 18.9 Å². The molecule has 0 aliphatic carbocycles. The van der Waals surface area contributed by atoms with Gasteiger partial charge in [0.15, 0.2) is 16.6 Å². The summed E-state index contributed by atoms with van der Waals surface area (Å²) in [6.45, 7) is 1.13. The summed E-state index contributed by atoms with van der Waals surface area (Å²) in [6.07, 6.45) is 0.813. The number of fused-ring (bicyclic) bond motifs is 1. The van der Waals surface area contributed by atoms with Gasteiger partial charge in [0.25, 0.3) is 0 Å². The quantitative estimate of drug-likeness (QED) is 0.412. The second-order valence-electron chi connectivity index (χ2n) is 7.91. The number of thiocarbonyl (C=S) groups is 1. The molecule has 1 N–H and O–H groups in total. The maximum absolute atomic E-state index is 6.20. The van der Waals surface area contributed by atoms with E-state index in [-0.39, 0.29) is 6.04 Å². The van der Waals surface area contributed by atoms with Crippen molar-refractivity contribution in [2.24, 2.45) is 0 Å². The van der Waals surface area contributed by atoms with E-state index in [0.717, 1.165) is 35.7 Å².